The predicted molar refractivity (Wildman–Crippen MR) is 122 cm³/mol. The molecule has 0 saturated carbocycles. The van der Waals surface area contributed by atoms with E-state index in [2.05, 4.69) is 38.7 Å². The summed E-state index contributed by atoms with van der Waals surface area (Å²) < 4.78 is 5.70. The third-order valence-electron chi connectivity index (χ3n) is 4.42. The Kier molecular flexibility index (Phi) is 11.4. The van der Waals surface area contributed by atoms with Crippen LogP contribution in [0.4, 0.5) is 16.2 Å². The maximum atomic E-state index is 12.0. The van der Waals surface area contributed by atoms with Crippen molar-refractivity contribution in [1.82, 2.24) is 0 Å². The van der Waals surface area contributed by atoms with Crippen LogP contribution in [-0.4, -0.2) is 24.6 Å². The van der Waals surface area contributed by atoms with E-state index in [0.29, 0.717) is 0 Å². The van der Waals surface area contributed by atoms with E-state index in [4.69, 9.17) is 4.74 Å². The van der Waals surface area contributed by atoms with Crippen LogP contribution in [0.1, 0.15) is 44.1 Å². The lowest BCUT2D eigenvalue weighted by atomic mass is 10.1. The second-order valence-electron chi connectivity index (χ2n) is 6.81. The molecule has 0 radical (unpaired) electrons. The minimum Gasteiger partial charge on any atom is -0.381 e. The molecule has 0 aliphatic heterocycles. The number of carbonyl (C=O) groups excluding carboxylic acids is 1. The fourth-order valence-corrected chi connectivity index (χ4v) is 3.25. The Morgan fingerprint density at radius 1 is 0.750 bits per heavy atom. The van der Waals surface area contributed by atoms with Crippen LogP contribution in [0.5, 0.6) is 0 Å². The van der Waals surface area contributed by atoms with Crippen LogP contribution in [0.3, 0.4) is 0 Å². The second kappa shape index (κ2) is 14.2. The molecule has 0 saturated heterocycles. The summed E-state index contributed by atoms with van der Waals surface area (Å²) >= 11 is 3.45. The summed E-state index contributed by atoms with van der Waals surface area (Å²) in [6.45, 7) is 1.73. The normalized spacial score (nSPS) is 10.6. The van der Waals surface area contributed by atoms with Gasteiger partial charge in [0, 0.05) is 29.9 Å². The standard InChI is InChI=1S/C23H31BrN2O2/c24-17-7-1-2-8-18-28-19-9-6-10-20-13-15-22(16-14-20)26-23(27)25-21-11-4-3-5-12-21/h3-5,11-16H,1-2,6-10,17-19H2,(H2,25,26,27). The van der Waals surface area contributed by atoms with Crippen molar-refractivity contribution in [2.24, 2.45) is 0 Å². The third-order valence-corrected chi connectivity index (χ3v) is 4.98. The number of nitrogens with one attached hydrogen (secondary N) is 2. The lowest BCUT2D eigenvalue weighted by Gasteiger charge is -2.08. The average molecular weight is 447 g/mol. The Hall–Kier alpha value is -1.85. The number of anilines is 2. The summed E-state index contributed by atoms with van der Waals surface area (Å²) in [6.07, 6.45) is 8.20. The molecule has 0 fully saturated rings. The number of ether oxygens (including phenoxy) is 1. The van der Waals surface area contributed by atoms with E-state index in [-0.39, 0.29) is 6.03 Å². The molecule has 2 amide bonds. The number of benzene rings is 2. The number of halogens is 1. The number of para-hydroxylation sites is 1. The molecule has 0 heterocycles. The zero-order valence-electron chi connectivity index (χ0n) is 16.5. The van der Waals surface area contributed by atoms with E-state index < -0.39 is 0 Å². The van der Waals surface area contributed by atoms with Crippen LogP contribution in [0.2, 0.25) is 0 Å². The fraction of sp³-hybridized carbons (Fsp3) is 0.435. The number of hydrogen-bond donors (Lipinski definition) is 2. The van der Waals surface area contributed by atoms with E-state index >= 15 is 0 Å². The first-order valence-corrected chi connectivity index (χ1v) is 11.3. The summed E-state index contributed by atoms with van der Waals surface area (Å²) in [7, 11) is 0. The van der Waals surface area contributed by atoms with E-state index in [0.717, 1.165) is 49.2 Å². The van der Waals surface area contributed by atoms with E-state index in [9.17, 15) is 4.79 Å². The molecule has 0 aliphatic rings. The maximum absolute atomic E-state index is 12.0. The van der Waals surface area contributed by atoms with Gasteiger partial charge in [-0.3, -0.25) is 0 Å². The number of hydrogen-bond acceptors (Lipinski definition) is 2. The molecule has 152 valence electrons. The molecular weight excluding hydrogens is 416 g/mol. The molecule has 28 heavy (non-hydrogen) atoms. The summed E-state index contributed by atoms with van der Waals surface area (Å²) in [6, 6.07) is 17.2. The van der Waals surface area contributed by atoms with E-state index in [1.807, 2.05) is 42.5 Å². The highest BCUT2D eigenvalue weighted by Crippen LogP contribution is 2.13. The number of alkyl halides is 1. The van der Waals surface area contributed by atoms with Gasteiger partial charge < -0.3 is 15.4 Å². The number of aryl methyl sites for hydroxylation is 1. The highest BCUT2D eigenvalue weighted by molar-refractivity contribution is 9.09. The Balaban J connectivity index is 1.55. The number of amides is 2. The van der Waals surface area contributed by atoms with Gasteiger partial charge in [-0.1, -0.05) is 59.1 Å². The molecule has 0 aliphatic carbocycles. The smallest absolute Gasteiger partial charge is 0.323 e. The third kappa shape index (κ3) is 9.90. The van der Waals surface area contributed by atoms with Crippen molar-refractivity contribution >= 4 is 33.3 Å². The van der Waals surface area contributed by atoms with Crippen LogP contribution in [0, 0.1) is 0 Å². The molecule has 0 atom stereocenters. The minimum absolute atomic E-state index is 0.233. The van der Waals surface area contributed by atoms with Gasteiger partial charge in [0.1, 0.15) is 0 Å². The van der Waals surface area contributed by atoms with Gasteiger partial charge in [-0.05, 0) is 61.9 Å². The molecule has 2 aromatic rings. The molecule has 2 N–H and O–H groups in total. The Bertz CT molecular complexity index is 662. The van der Waals surface area contributed by atoms with Crippen molar-refractivity contribution in [3.05, 3.63) is 60.2 Å². The molecule has 0 spiro atoms. The van der Waals surface area contributed by atoms with Gasteiger partial charge in [0.05, 0.1) is 0 Å². The zero-order chi connectivity index (χ0) is 19.9. The van der Waals surface area contributed by atoms with Crippen molar-refractivity contribution in [2.75, 3.05) is 29.2 Å². The van der Waals surface area contributed by atoms with Gasteiger partial charge >= 0.3 is 6.03 Å². The molecule has 0 aromatic heterocycles. The average Bonchev–Trinajstić information content (AvgIpc) is 2.71. The molecule has 0 bridgehead atoms. The first-order chi connectivity index (χ1) is 13.8. The van der Waals surface area contributed by atoms with Crippen molar-refractivity contribution in [1.29, 1.82) is 0 Å². The van der Waals surface area contributed by atoms with Crippen LogP contribution in [0.15, 0.2) is 54.6 Å². The molecule has 0 unspecified atom stereocenters. The Morgan fingerprint density at radius 2 is 1.36 bits per heavy atom. The highest BCUT2D eigenvalue weighted by atomic mass is 79.9. The van der Waals surface area contributed by atoms with Crippen molar-refractivity contribution in [2.45, 2.75) is 44.9 Å². The van der Waals surface area contributed by atoms with Crippen LogP contribution in [-0.2, 0) is 11.2 Å². The van der Waals surface area contributed by atoms with E-state index in [1.165, 1.54) is 31.2 Å². The van der Waals surface area contributed by atoms with Gasteiger partial charge in [-0.2, -0.15) is 0 Å². The largest absolute Gasteiger partial charge is 0.381 e. The topological polar surface area (TPSA) is 50.4 Å². The molecule has 4 nitrogen and oxygen atoms in total. The zero-order valence-corrected chi connectivity index (χ0v) is 18.0. The fourth-order valence-electron chi connectivity index (χ4n) is 2.86. The molecule has 2 aromatic carbocycles. The summed E-state index contributed by atoms with van der Waals surface area (Å²) in [5.41, 5.74) is 2.85. The van der Waals surface area contributed by atoms with Gasteiger partial charge in [0.15, 0.2) is 0 Å². The van der Waals surface area contributed by atoms with Crippen LogP contribution in [0.25, 0.3) is 0 Å². The van der Waals surface area contributed by atoms with Crippen molar-refractivity contribution in [3.8, 4) is 0 Å². The predicted octanol–water partition coefficient (Wildman–Crippen LogP) is 6.63. The first kappa shape index (κ1) is 22.4. The number of unbranched alkanes of at least 4 members (excludes halogenated alkanes) is 4. The number of urea groups is 1. The second-order valence-corrected chi connectivity index (χ2v) is 7.61. The lowest BCUT2D eigenvalue weighted by Crippen LogP contribution is -2.19. The van der Waals surface area contributed by atoms with Crippen LogP contribution >= 0.6 is 15.9 Å². The summed E-state index contributed by atoms with van der Waals surface area (Å²) in [5, 5.41) is 6.77. The quantitative estimate of drug-likeness (QED) is 0.268. The van der Waals surface area contributed by atoms with E-state index in [1.54, 1.807) is 0 Å². The van der Waals surface area contributed by atoms with Gasteiger partial charge in [0.2, 0.25) is 0 Å². The lowest BCUT2D eigenvalue weighted by molar-refractivity contribution is 0.126. The highest BCUT2D eigenvalue weighted by Gasteiger charge is 2.02. The minimum atomic E-state index is -0.233. The van der Waals surface area contributed by atoms with Gasteiger partial charge in [-0.15, -0.1) is 0 Å². The van der Waals surface area contributed by atoms with Gasteiger partial charge in [-0.25, -0.2) is 4.79 Å². The maximum Gasteiger partial charge on any atom is 0.323 e. The first-order valence-electron chi connectivity index (χ1n) is 10.1. The number of rotatable bonds is 13. The monoisotopic (exact) mass is 446 g/mol. The SMILES string of the molecule is O=C(Nc1ccccc1)Nc1ccc(CCCCOCCCCCCBr)cc1. The number of carbonyl (C=O) groups is 1. The molecule has 5 heteroatoms. The molecular formula is C23H31BrN2O2. The Labute approximate surface area is 177 Å². The summed E-state index contributed by atoms with van der Waals surface area (Å²) in [4.78, 5) is 12.0. The summed E-state index contributed by atoms with van der Waals surface area (Å²) in [5.74, 6) is 0. The molecule has 2 rings (SSSR count). The van der Waals surface area contributed by atoms with Gasteiger partial charge in [0.25, 0.3) is 0 Å². The Morgan fingerprint density at radius 3 is 2.04 bits per heavy atom. The van der Waals surface area contributed by atoms with Crippen molar-refractivity contribution in [3.63, 3.8) is 0 Å². The van der Waals surface area contributed by atoms with Crippen molar-refractivity contribution < 1.29 is 9.53 Å². The van der Waals surface area contributed by atoms with Crippen LogP contribution < -0.4 is 10.6 Å².